The fraction of sp³-hybridized carbons (Fsp3) is 0.571. The minimum Gasteiger partial charge on any atom is -0.497 e. The predicted molar refractivity (Wildman–Crippen MR) is 72.1 cm³/mol. The topological polar surface area (TPSA) is 56.5 Å². The van der Waals surface area contributed by atoms with E-state index in [1.54, 1.807) is 14.2 Å². The van der Waals surface area contributed by atoms with Gasteiger partial charge in [-0.2, -0.15) is 0 Å². The van der Waals surface area contributed by atoms with Crippen LogP contribution in [0.1, 0.15) is 24.8 Å². The van der Waals surface area contributed by atoms with Gasteiger partial charge in [0.25, 0.3) is 0 Å². The number of hydrogen-bond donors (Lipinski definition) is 2. The molecule has 4 nitrogen and oxygen atoms in total. The number of piperidine rings is 1. The molecule has 1 aliphatic heterocycles. The van der Waals surface area contributed by atoms with Crippen LogP contribution in [-0.2, 0) is 5.54 Å². The Hall–Kier alpha value is -1.26. The maximum atomic E-state index is 6.01. The summed E-state index contributed by atoms with van der Waals surface area (Å²) in [6.45, 7) is 1.60. The van der Waals surface area contributed by atoms with Crippen LogP contribution in [0.2, 0.25) is 0 Å². The van der Waals surface area contributed by atoms with E-state index in [1.165, 1.54) is 12.8 Å². The third-order valence-electron chi connectivity index (χ3n) is 3.75. The molecule has 0 spiro atoms. The van der Waals surface area contributed by atoms with E-state index in [4.69, 9.17) is 15.2 Å². The summed E-state index contributed by atoms with van der Waals surface area (Å²) in [5.41, 5.74) is 7.02. The van der Waals surface area contributed by atoms with Gasteiger partial charge in [0.05, 0.1) is 19.8 Å². The second-order valence-electron chi connectivity index (χ2n) is 4.77. The van der Waals surface area contributed by atoms with Crippen molar-refractivity contribution in [3.05, 3.63) is 23.8 Å². The molecule has 0 amide bonds. The van der Waals surface area contributed by atoms with E-state index >= 15 is 0 Å². The van der Waals surface area contributed by atoms with Crippen LogP contribution >= 0.6 is 0 Å². The van der Waals surface area contributed by atoms with Crippen LogP contribution in [-0.4, -0.2) is 27.3 Å². The van der Waals surface area contributed by atoms with Gasteiger partial charge in [-0.1, -0.05) is 0 Å². The Morgan fingerprint density at radius 3 is 2.28 bits per heavy atom. The van der Waals surface area contributed by atoms with Crippen molar-refractivity contribution in [1.82, 2.24) is 5.32 Å². The number of benzene rings is 1. The van der Waals surface area contributed by atoms with Gasteiger partial charge in [-0.05, 0) is 43.5 Å². The van der Waals surface area contributed by atoms with Gasteiger partial charge < -0.3 is 20.5 Å². The largest absolute Gasteiger partial charge is 0.497 e. The fourth-order valence-electron chi connectivity index (χ4n) is 2.59. The molecule has 1 atom stereocenters. The lowest BCUT2D eigenvalue weighted by atomic mass is 9.82. The SMILES string of the molecule is COc1cc(OC)cc(C2(CN)CCCCN2)c1. The molecule has 1 heterocycles. The molecule has 0 aliphatic carbocycles. The average molecular weight is 250 g/mol. The summed E-state index contributed by atoms with van der Waals surface area (Å²) in [6, 6.07) is 5.98. The number of ether oxygens (including phenoxy) is 2. The third kappa shape index (κ3) is 2.44. The zero-order valence-electron chi connectivity index (χ0n) is 11.2. The van der Waals surface area contributed by atoms with E-state index in [1.807, 2.05) is 18.2 Å². The Kier molecular flexibility index (Phi) is 4.09. The molecule has 1 fully saturated rings. The molecule has 100 valence electrons. The van der Waals surface area contributed by atoms with Crippen LogP contribution in [0.25, 0.3) is 0 Å². The first-order chi connectivity index (χ1) is 8.74. The smallest absolute Gasteiger partial charge is 0.122 e. The van der Waals surface area contributed by atoms with E-state index in [-0.39, 0.29) is 5.54 Å². The van der Waals surface area contributed by atoms with Gasteiger partial charge in [0.15, 0.2) is 0 Å². The maximum absolute atomic E-state index is 6.01. The van der Waals surface area contributed by atoms with Gasteiger partial charge in [0.1, 0.15) is 11.5 Å². The van der Waals surface area contributed by atoms with Crippen molar-refractivity contribution >= 4 is 0 Å². The molecular formula is C14H22N2O2. The minimum absolute atomic E-state index is 0.139. The Balaban J connectivity index is 2.40. The summed E-state index contributed by atoms with van der Waals surface area (Å²) in [4.78, 5) is 0. The van der Waals surface area contributed by atoms with E-state index in [2.05, 4.69) is 5.32 Å². The van der Waals surface area contributed by atoms with Crippen LogP contribution in [0.3, 0.4) is 0 Å². The van der Waals surface area contributed by atoms with Crippen molar-refractivity contribution in [1.29, 1.82) is 0 Å². The summed E-state index contributed by atoms with van der Waals surface area (Å²) >= 11 is 0. The summed E-state index contributed by atoms with van der Waals surface area (Å²) in [5, 5.41) is 3.57. The predicted octanol–water partition coefficient (Wildman–Crippen LogP) is 1.63. The average Bonchev–Trinajstić information content (AvgIpc) is 2.47. The normalized spacial score (nSPS) is 23.7. The summed E-state index contributed by atoms with van der Waals surface area (Å²) in [5.74, 6) is 1.62. The van der Waals surface area contributed by atoms with Crippen LogP contribution in [0.5, 0.6) is 11.5 Å². The first-order valence-electron chi connectivity index (χ1n) is 6.43. The van der Waals surface area contributed by atoms with Crippen molar-refractivity contribution in [3.63, 3.8) is 0 Å². The van der Waals surface area contributed by atoms with Crippen molar-refractivity contribution in [2.75, 3.05) is 27.3 Å². The minimum atomic E-state index is -0.139. The Morgan fingerprint density at radius 2 is 1.83 bits per heavy atom. The van der Waals surface area contributed by atoms with Gasteiger partial charge in [-0.25, -0.2) is 0 Å². The highest BCUT2D eigenvalue weighted by atomic mass is 16.5. The molecular weight excluding hydrogens is 228 g/mol. The second-order valence-corrected chi connectivity index (χ2v) is 4.77. The van der Waals surface area contributed by atoms with Gasteiger partial charge in [0.2, 0.25) is 0 Å². The Labute approximate surface area is 108 Å². The molecule has 0 saturated carbocycles. The zero-order chi connectivity index (χ0) is 13.0. The molecule has 1 aromatic rings. The lowest BCUT2D eigenvalue weighted by Crippen LogP contribution is -2.51. The lowest BCUT2D eigenvalue weighted by Gasteiger charge is -2.38. The standard InChI is InChI=1S/C14H22N2O2/c1-17-12-7-11(8-13(9-12)18-2)14(10-15)5-3-4-6-16-14/h7-9,16H,3-6,10,15H2,1-2H3. The molecule has 1 aliphatic rings. The van der Waals surface area contributed by atoms with Crippen LogP contribution in [0.15, 0.2) is 18.2 Å². The quantitative estimate of drug-likeness (QED) is 0.853. The lowest BCUT2D eigenvalue weighted by molar-refractivity contribution is 0.263. The molecule has 0 aromatic heterocycles. The first kappa shape index (κ1) is 13.2. The second kappa shape index (κ2) is 5.59. The van der Waals surface area contributed by atoms with Crippen molar-refractivity contribution in [2.24, 2.45) is 5.73 Å². The summed E-state index contributed by atoms with van der Waals surface area (Å²) in [6.07, 6.45) is 3.46. The van der Waals surface area contributed by atoms with Gasteiger partial charge >= 0.3 is 0 Å². The molecule has 0 bridgehead atoms. The highest BCUT2D eigenvalue weighted by Gasteiger charge is 2.32. The molecule has 1 unspecified atom stereocenters. The molecule has 0 radical (unpaired) electrons. The number of rotatable bonds is 4. The molecule has 3 N–H and O–H groups in total. The zero-order valence-corrected chi connectivity index (χ0v) is 11.2. The molecule has 2 rings (SSSR count). The molecule has 18 heavy (non-hydrogen) atoms. The molecule has 4 heteroatoms. The Morgan fingerprint density at radius 1 is 1.17 bits per heavy atom. The van der Waals surface area contributed by atoms with E-state index in [0.29, 0.717) is 6.54 Å². The molecule has 1 aromatic carbocycles. The number of methoxy groups -OCH3 is 2. The van der Waals surface area contributed by atoms with Crippen LogP contribution < -0.4 is 20.5 Å². The van der Waals surface area contributed by atoms with E-state index < -0.39 is 0 Å². The third-order valence-corrected chi connectivity index (χ3v) is 3.75. The van der Waals surface area contributed by atoms with E-state index in [9.17, 15) is 0 Å². The summed E-state index contributed by atoms with van der Waals surface area (Å²) in [7, 11) is 3.34. The number of nitrogens with two attached hydrogens (primary N) is 1. The Bertz CT molecular complexity index is 379. The fourth-order valence-corrected chi connectivity index (χ4v) is 2.59. The van der Waals surface area contributed by atoms with Gasteiger partial charge in [-0.3, -0.25) is 0 Å². The summed E-state index contributed by atoms with van der Waals surface area (Å²) < 4.78 is 10.7. The first-order valence-corrected chi connectivity index (χ1v) is 6.43. The monoisotopic (exact) mass is 250 g/mol. The number of nitrogens with one attached hydrogen (secondary N) is 1. The number of hydrogen-bond acceptors (Lipinski definition) is 4. The van der Waals surface area contributed by atoms with Crippen LogP contribution in [0.4, 0.5) is 0 Å². The van der Waals surface area contributed by atoms with Gasteiger partial charge in [0, 0.05) is 12.6 Å². The highest BCUT2D eigenvalue weighted by molar-refractivity contribution is 5.42. The highest BCUT2D eigenvalue weighted by Crippen LogP contribution is 2.34. The van der Waals surface area contributed by atoms with Crippen molar-refractivity contribution in [3.8, 4) is 11.5 Å². The maximum Gasteiger partial charge on any atom is 0.122 e. The molecule has 1 saturated heterocycles. The van der Waals surface area contributed by atoms with Crippen molar-refractivity contribution in [2.45, 2.75) is 24.8 Å². The van der Waals surface area contributed by atoms with Crippen LogP contribution in [0, 0.1) is 0 Å². The van der Waals surface area contributed by atoms with Crippen molar-refractivity contribution < 1.29 is 9.47 Å². The van der Waals surface area contributed by atoms with E-state index in [0.717, 1.165) is 30.0 Å². The van der Waals surface area contributed by atoms with Gasteiger partial charge in [-0.15, -0.1) is 0 Å².